The van der Waals surface area contributed by atoms with Gasteiger partial charge in [-0.15, -0.1) is 0 Å². The highest BCUT2D eigenvalue weighted by Gasteiger charge is 2.12. The summed E-state index contributed by atoms with van der Waals surface area (Å²) in [5.74, 6) is 1.09. The fourth-order valence-corrected chi connectivity index (χ4v) is 1.90. The fraction of sp³-hybridized carbons (Fsp3) is 0.167. The molecule has 1 heterocycles. The third kappa shape index (κ3) is 2.89. The van der Waals surface area contributed by atoms with E-state index in [1.165, 1.54) is 0 Å². The molecule has 2 N–H and O–H groups in total. The van der Waals surface area contributed by atoms with Gasteiger partial charge in [0.05, 0.1) is 6.54 Å². The van der Waals surface area contributed by atoms with Crippen LogP contribution in [-0.4, -0.2) is 16.2 Å². The zero-order chi connectivity index (χ0) is 13.1. The molecule has 0 saturated heterocycles. The number of aryl methyl sites for hydroxylation is 1. The lowest BCUT2D eigenvalue weighted by Crippen LogP contribution is -2.20. The van der Waals surface area contributed by atoms with E-state index in [0.717, 1.165) is 10.0 Å². The van der Waals surface area contributed by atoms with Crippen molar-refractivity contribution in [2.75, 3.05) is 0 Å². The van der Waals surface area contributed by atoms with Crippen molar-refractivity contribution in [3.8, 4) is 11.5 Å². The van der Waals surface area contributed by atoms with E-state index in [4.69, 9.17) is 9.52 Å². The van der Waals surface area contributed by atoms with Gasteiger partial charge in [-0.05, 0) is 25.1 Å². The number of oxazole rings is 1. The number of rotatable bonds is 3. The van der Waals surface area contributed by atoms with Crippen LogP contribution in [0.5, 0.6) is 0 Å². The summed E-state index contributed by atoms with van der Waals surface area (Å²) in [6, 6.07) is 7.56. The van der Waals surface area contributed by atoms with Crippen molar-refractivity contribution in [2.45, 2.75) is 13.5 Å². The van der Waals surface area contributed by atoms with Crippen LogP contribution in [0.2, 0.25) is 0 Å². The van der Waals surface area contributed by atoms with E-state index in [9.17, 15) is 4.79 Å². The Bertz CT molecular complexity index is 580. The van der Waals surface area contributed by atoms with E-state index in [0.29, 0.717) is 17.3 Å². The minimum Gasteiger partial charge on any atom is -0.465 e. The lowest BCUT2D eigenvalue weighted by molar-refractivity contribution is 0.194. The third-order valence-corrected chi connectivity index (χ3v) is 2.86. The molecule has 0 aliphatic heterocycles. The van der Waals surface area contributed by atoms with Crippen LogP contribution in [0.3, 0.4) is 0 Å². The van der Waals surface area contributed by atoms with Gasteiger partial charge in [-0.25, -0.2) is 9.78 Å². The van der Waals surface area contributed by atoms with Gasteiger partial charge in [0.2, 0.25) is 5.89 Å². The van der Waals surface area contributed by atoms with Crippen LogP contribution in [0.4, 0.5) is 4.79 Å². The van der Waals surface area contributed by atoms with Gasteiger partial charge in [0.15, 0.2) is 0 Å². The summed E-state index contributed by atoms with van der Waals surface area (Å²) in [7, 11) is 0. The number of carboxylic acid groups (broad SMARTS) is 1. The van der Waals surface area contributed by atoms with Crippen molar-refractivity contribution in [3.63, 3.8) is 0 Å². The Morgan fingerprint density at radius 2 is 2.33 bits per heavy atom. The molecular weight excluding hydrogens is 300 g/mol. The largest absolute Gasteiger partial charge is 0.465 e. The summed E-state index contributed by atoms with van der Waals surface area (Å²) in [4.78, 5) is 14.7. The SMILES string of the molecule is Cc1oc(-c2cccc(Br)c2)nc1CNC(=O)O. The Morgan fingerprint density at radius 1 is 1.56 bits per heavy atom. The average Bonchev–Trinajstić information content (AvgIpc) is 2.68. The fourth-order valence-electron chi connectivity index (χ4n) is 1.50. The molecule has 1 aromatic heterocycles. The molecule has 0 atom stereocenters. The van der Waals surface area contributed by atoms with E-state index in [2.05, 4.69) is 26.2 Å². The Labute approximate surface area is 112 Å². The highest BCUT2D eigenvalue weighted by atomic mass is 79.9. The predicted octanol–water partition coefficient (Wildman–Crippen LogP) is 3.18. The van der Waals surface area contributed by atoms with Gasteiger partial charge in [-0.1, -0.05) is 22.0 Å². The Balaban J connectivity index is 2.25. The normalized spacial score (nSPS) is 10.3. The number of benzene rings is 1. The minimum absolute atomic E-state index is 0.138. The molecule has 0 saturated carbocycles. The number of nitrogens with one attached hydrogen (secondary N) is 1. The summed E-state index contributed by atoms with van der Waals surface area (Å²) in [6.45, 7) is 1.89. The topological polar surface area (TPSA) is 75.4 Å². The van der Waals surface area contributed by atoms with Crippen LogP contribution in [0, 0.1) is 6.92 Å². The highest BCUT2D eigenvalue weighted by Crippen LogP contribution is 2.24. The molecule has 2 aromatic rings. The van der Waals surface area contributed by atoms with Gasteiger partial charge in [-0.3, -0.25) is 0 Å². The van der Waals surface area contributed by atoms with E-state index in [1.807, 2.05) is 24.3 Å². The Kier molecular flexibility index (Phi) is 3.66. The summed E-state index contributed by atoms with van der Waals surface area (Å²) < 4.78 is 6.45. The number of hydrogen-bond donors (Lipinski definition) is 2. The first-order valence-electron chi connectivity index (χ1n) is 5.25. The molecule has 1 amide bonds. The molecule has 0 fully saturated rings. The molecule has 5 nitrogen and oxygen atoms in total. The number of aromatic nitrogens is 1. The van der Waals surface area contributed by atoms with Gasteiger partial charge in [0.25, 0.3) is 0 Å². The Hall–Kier alpha value is -1.82. The summed E-state index contributed by atoms with van der Waals surface area (Å²) in [5, 5.41) is 10.8. The van der Waals surface area contributed by atoms with Crippen LogP contribution in [0.15, 0.2) is 33.2 Å². The zero-order valence-corrected chi connectivity index (χ0v) is 11.2. The van der Waals surface area contributed by atoms with E-state index >= 15 is 0 Å². The number of amides is 1. The smallest absolute Gasteiger partial charge is 0.404 e. The molecule has 94 valence electrons. The third-order valence-electron chi connectivity index (χ3n) is 2.37. The molecule has 6 heteroatoms. The second-order valence-corrected chi connectivity index (χ2v) is 4.61. The first-order chi connectivity index (χ1) is 8.56. The summed E-state index contributed by atoms with van der Waals surface area (Å²) >= 11 is 3.38. The molecule has 0 bridgehead atoms. The van der Waals surface area contributed by atoms with Gasteiger partial charge in [0, 0.05) is 10.0 Å². The molecule has 0 aliphatic carbocycles. The maximum atomic E-state index is 10.4. The standard InChI is InChI=1S/C12H11BrN2O3/c1-7-10(6-14-12(16)17)15-11(18-7)8-3-2-4-9(13)5-8/h2-5,14H,6H2,1H3,(H,16,17). The van der Waals surface area contributed by atoms with Crippen molar-refractivity contribution in [1.82, 2.24) is 10.3 Å². The maximum absolute atomic E-state index is 10.4. The number of carbonyl (C=O) groups is 1. The molecule has 18 heavy (non-hydrogen) atoms. The average molecular weight is 311 g/mol. The molecular formula is C12H11BrN2O3. The van der Waals surface area contributed by atoms with Crippen molar-refractivity contribution in [3.05, 3.63) is 40.2 Å². The first-order valence-corrected chi connectivity index (χ1v) is 6.04. The molecule has 0 radical (unpaired) electrons. The van der Waals surface area contributed by atoms with Gasteiger partial charge >= 0.3 is 6.09 Å². The van der Waals surface area contributed by atoms with E-state index in [1.54, 1.807) is 6.92 Å². The van der Waals surface area contributed by atoms with Crippen LogP contribution in [0.25, 0.3) is 11.5 Å². The monoisotopic (exact) mass is 310 g/mol. The molecule has 0 aliphatic rings. The molecule has 0 unspecified atom stereocenters. The van der Waals surface area contributed by atoms with Crippen molar-refractivity contribution < 1.29 is 14.3 Å². The molecule has 0 spiro atoms. The van der Waals surface area contributed by atoms with Crippen LogP contribution in [0.1, 0.15) is 11.5 Å². The van der Waals surface area contributed by atoms with Gasteiger partial charge < -0.3 is 14.8 Å². The Morgan fingerprint density at radius 3 is 3.00 bits per heavy atom. The van der Waals surface area contributed by atoms with E-state index in [-0.39, 0.29) is 6.54 Å². The second kappa shape index (κ2) is 5.22. The predicted molar refractivity (Wildman–Crippen MR) is 69.2 cm³/mol. The first kappa shape index (κ1) is 12.6. The van der Waals surface area contributed by atoms with E-state index < -0.39 is 6.09 Å². The zero-order valence-electron chi connectivity index (χ0n) is 9.61. The lowest BCUT2D eigenvalue weighted by atomic mass is 10.2. The van der Waals surface area contributed by atoms with Crippen molar-refractivity contribution in [1.29, 1.82) is 0 Å². The minimum atomic E-state index is -1.08. The van der Waals surface area contributed by atoms with Crippen molar-refractivity contribution in [2.24, 2.45) is 0 Å². The number of nitrogens with zero attached hydrogens (tertiary/aromatic N) is 1. The lowest BCUT2D eigenvalue weighted by Gasteiger charge is -1.96. The molecule has 2 rings (SSSR count). The van der Waals surface area contributed by atoms with Crippen LogP contribution < -0.4 is 5.32 Å². The second-order valence-electron chi connectivity index (χ2n) is 3.69. The molecule has 1 aromatic carbocycles. The van der Waals surface area contributed by atoms with Gasteiger partial charge in [0.1, 0.15) is 11.5 Å². The summed E-state index contributed by atoms with van der Waals surface area (Å²) in [6.07, 6.45) is -1.08. The maximum Gasteiger partial charge on any atom is 0.404 e. The highest BCUT2D eigenvalue weighted by molar-refractivity contribution is 9.10. The number of hydrogen-bond acceptors (Lipinski definition) is 3. The van der Waals surface area contributed by atoms with Crippen LogP contribution >= 0.6 is 15.9 Å². The van der Waals surface area contributed by atoms with Crippen molar-refractivity contribution >= 4 is 22.0 Å². The quantitative estimate of drug-likeness (QED) is 0.913. The van der Waals surface area contributed by atoms with Gasteiger partial charge in [-0.2, -0.15) is 0 Å². The van der Waals surface area contributed by atoms with Crippen LogP contribution in [-0.2, 0) is 6.54 Å². The number of halogens is 1. The summed E-state index contributed by atoms with van der Waals surface area (Å²) in [5.41, 5.74) is 1.43.